The van der Waals surface area contributed by atoms with Gasteiger partial charge in [-0.25, -0.2) is 0 Å². The van der Waals surface area contributed by atoms with Crippen molar-refractivity contribution in [3.8, 4) is 0 Å². The molecule has 104 valence electrons. The van der Waals surface area contributed by atoms with Crippen LogP contribution in [-0.2, 0) is 13.3 Å². The monoisotopic (exact) mass is 283 g/mol. The fourth-order valence-electron chi connectivity index (χ4n) is 1.31. The van der Waals surface area contributed by atoms with Gasteiger partial charge >= 0.3 is 8.80 Å². The average molecular weight is 283 g/mol. The molecule has 0 fully saturated rings. The van der Waals surface area contributed by atoms with E-state index in [9.17, 15) is 0 Å². The molecule has 0 saturated heterocycles. The minimum Gasteiger partial charge on any atom is -0.379 e. The van der Waals surface area contributed by atoms with E-state index in [0.29, 0.717) is 0 Å². The van der Waals surface area contributed by atoms with Crippen LogP contribution in [0.3, 0.4) is 0 Å². The van der Waals surface area contributed by atoms with E-state index in [2.05, 4.69) is 0 Å². The summed E-state index contributed by atoms with van der Waals surface area (Å²) in [5.74, 6) is 1.97. The Morgan fingerprint density at radius 1 is 1.24 bits per heavy atom. The summed E-state index contributed by atoms with van der Waals surface area (Å²) in [5.41, 5.74) is 5.37. The minimum atomic E-state index is -2.40. The van der Waals surface area contributed by atoms with E-state index in [4.69, 9.17) is 24.1 Å². The maximum absolute atomic E-state index is 9.13. The molecule has 0 aromatic carbocycles. The highest BCUT2D eigenvalue weighted by molar-refractivity contribution is 7.99. The van der Waals surface area contributed by atoms with Crippen LogP contribution in [0.2, 0.25) is 6.04 Å². The molecule has 0 aromatic heterocycles. The highest BCUT2D eigenvalue weighted by atomic mass is 32.2. The summed E-state index contributed by atoms with van der Waals surface area (Å²) in [5, 5.41) is 9.13. The SMILES string of the molecule is CO[Si](CCCSCC(C)C(N)O)(OC)OC. The highest BCUT2D eigenvalue weighted by Crippen LogP contribution is 2.18. The van der Waals surface area contributed by atoms with Crippen LogP contribution in [0, 0.1) is 5.92 Å². The molecule has 0 heterocycles. The van der Waals surface area contributed by atoms with Gasteiger partial charge in [0.1, 0.15) is 6.23 Å². The van der Waals surface area contributed by atoms with Gasteiger partial charge in [-0.2, -0.15) is 11.8 Å². The average Bonchev–Trinajstić information content (AvgIpc) is 2.34. The minimum absolute atomic E-state index is 0.120. The first-order valence-corrected chi connectivity index (χ1v) is 8.77. The van der Waals surface area contributed by atoms with Gasteiger partial charge in [-0.3, -0.25) is 0 Å². The molecule has 0 aromatic rings. The Morgan fingerprint density at radius 2 is 1.76 bits per heavy atom. The zero-order chi connectivity index (χ0) is 13.3. The Morgan fingerprint density at radius 3 is 2.18 bits per heavy atom. The van der Waals surface area contributed by atoms with Crippen LogP contribution in [0.5, 0.6) is 0 Å². The number of hydrogen-bond donors (Lipinski definition) is 2. The zero-order valence-electron chi connectivity index (χ0n) is 11.1. The van der Waals surface area contributed by atoms with E-state index in [0.717, 1.165) is 24.0 Å². The first-order valence-electron chi connectivity index (χ1n) is 5.68. The lowest BCUT2D eigenvalue weighted by Gasteiger charge is -2.24. The number of thioether (sulfide) groups is 1. The zero-order valence-corrected chi connectivity index (χ0v) is 13.0. The molecule has 5 nitrogen and oxygen atoms in total. The molecule has 0 aliphatic carbocycles. The predicted molar refractivity (Wildman–Crippen MR) is 72.9 cm³/mol. The normalized spacial score (nSPS) is 15.9. The van der Waals surface area contributed by atoms with Gasteiger partial charge in [0.05, 0.1) is 0 Å². The van der Waals surface area contributed by atoms with Crippen molar-refractivity contribution >= 4 is 20.6 Å². The van der Waals surface area contributed by atoms with Crippen molar-refractivity contribution in [2.24, 2.45) is 11.7 Å². The summed E-state index contributed by atoms with van der Waals surface area (Å²) in [7, 11) is 2.47. The first kappa shape index (κ1) is 17.4. The molecular formula is C10H25NO4SSi. The number of aliphatic hydroxyl groups is 1. The van der Waals surface area contributed by atoms with Gasteiger partial charge in [-0.15, -0.1) is 0 Å². The Bertz CT molecular complexity index is 185. The van der Waals surface area contributed by atoms with Crippen LogP contribution < -0.4 is 5.73 Å². The van der Waals surface area contributed by atoms with Crippen LogP contribution in [0.15, 0.2) is 0 Å². The van der Waals surface area contributed by atoms with E-state index < -0.39 is 15.0 Å². The molecule has 0 rings (SSSR count). The summed E-state index contributed by atoms with van der Waals surface area (Å²) in [4.78, 5) is 0. The van der Waals surface area contributed by atoms with Crippen molar-refractivity contribution in [3.05, 3.63) is 0 Å². The number of nitrogens with two attached hydrogens (primary N) is 1. The van der Waals surface area contributed by atoms with Gasteiger partial charge in [-0.1, -0.05) is 6.92 Å². The van der Waals surface area contributed by atoms with Crippen molar-refractivity contribution in [3.63, 3.8) is 0 Å². The van der Waals surface area contributed by atoms with Gasteiger partial charge in [-0.05, 0) is 17.9 Å². The molecule has 0 amide bonds. The van der Waals surface area contributed by atoms with Crippen LogP contribution >= 0.6 is 11.8 Å². The van der Waals surface area contributed by atoms with E-state index in [1.54, 1.807) is 33.1 Å². The van der Waals surface area contributed by atoms with Crippen molar-refractivity contribution in [1.82, 2.24) is 0 Å². The third-order valence-electron chi connectivity index (χ3n) is 2.67. The van der Waals surface area contributed by atoms with E-state index >= 15 is 0 Å². The Kier molecular flexibility index (Phi) is 9.52. The number of hydrogen-bond acceptors (Lipinski definition) is 6. The van der Waals surface area contributed by atoms with E-state index in [1.165, 1.54) is 0 Å². The molecule has 0 radical (unpaired) electrons. The lowest BCUT2D eigenvalue weighted by atomic mass is 10.2. The standard InChI is InChI=1S/C10H25NO4SSi/c1-9(10(11)12)8-16-6-5-7-17(13-2,14-3)15-4/h9-10,12H,5-8,11H2,1-4H3. The molecule has 7 heteroatoms. The second-order valence-electron chi connectivity index (χ2n) is 3.94. The second kappa shape index (κ2) is 9.32. The molecule has 17 heavy (non-hydrogen) atoms. The number of aliphatic hydroxyl groups excluding tert-OH is 1. The Balaban J connectivity index is 3.69. The summed E-state index contributed by atoms with van der Waals surface area (Å²) in [6.07, 6.45) is 0.243. The molecule has 0 saturated carbocycles. The molecule has 0 bridgehead atoms. The fraction of sp³-hybridized carbons (Fsp3) is 1.00. The molecule has 0 aliphatic heterocycles. The summed E-state index contributed by atoms with van der Waals surface area (Å²) in [6, 6.07) is 0.809. The molecular weight excluding hydrogens is 258 g/mol. The fourth-order valence-corrected chi connectivity index (χ4v) is 4.38. The molecule has 0 aliphatic rings. The highest BCUT2D eigenvalue weighted by Gasteiger charge is 2.36. The maximum atomic E-state index is 9.13. The van der Waals surface area contributed by atoms with Crippen LogP contribution in [0.4, 0.5) is 0 Å². The molecule has 3 N–H and O–H groups in total. The van der Waals surface area contributed by atoms with Crippen molar-refractivity contribution in [2.75, 3.05) is 32.8 Å². The lowest BCUT2D eigenvalue weighted by Crippen LogP contribution is -2.42. The Labute approximate surface area is 109 Å². The second-order valence-corrected chi connectivity index (χ2v) is 8.18. The predicted octanol–water partition coefficient (Wildman–Crippen LogP) is 0.901. The number of rotatable bonds is 10. The van der Waals surface area contributed by atoms with Crippen molar-refractivity contribution in [2.45, 2.75) is 25.6 Å². The third-order valence-corrected chi connectivity index (χ3v) is 6.84. The first-order chi connectivity index (χ1) is 8.01. The largest absolute Gasteiger partial charge is 0.500 e. The topological polar surface area (TPSA) is 73.9 Å². The van der Waals surface area contributed by atoms with E-state index in [1.807, 2.05) is 6.92 Å². The van der Waals surface area contributed by atoms with Gasteiger partial charge in [0, 0.05) is 33.3 Å². The van der Waals surface area contributed by atoms with Crippen LogP contribution in [-0.4, -0.2) is 53.0 Å². The van der Waals surface area contributed by atoms with Gasteiger partial charge in [0.2, 0.25) is 0 Å². The van der Waals surface area contributed by atoms with Crippen molar-refractivity contribution in [1.29, 1.82) is 0 Å². The smallest absolute Gasteiger partial charge is 0.379 e. The molecule has 2 unspecified atom stereocenters. The summed E-state index contributed by atoms with van der Waals surface area (Å²) >= 11 is 1.78. The maximum Gasteiger partial charge on any atom is 0.500 e. The van der Waals surface area contributed by atoms with Crippen LogP contribution in [0.25, 0.3) is 0 Å². The van der Waals surface area contributed by atoms with Gasteiger partial charge in [0.25, 0.3) is 0 Å². The lowest BCUT2D eigenvalue weighted by molar-refractivity contribution is 0.123. The van der Waals surface area contributed by atoms with Gasteiger partial charge in [0.15, 0.2) is 0 Å². The van der Waals surface area contributed by atoms with Crippen LogP contribution in [0.1, 0.15) is 13.3 Å². The van der Waals surface area contributed by atoms with Gasteiger partial charge < -0.3 is 24.1 Å². The van der Waals surface area contributed by atoms with Crippen molar-refractivity contribution < 1.29 is 18.4 Å². The van der Waals surface area contributed by atoms with E-state index in [-0.39, 0.29) is 5.92 Å². The molecule has 2 atom stereocenters. The molecule has 0 spiro atoms. The summed E-state index contributed by atoms with van der Waals surface area (Å²) < 4.78 is 16.0. The Hall–Kier alpha value is 0.367. The third kappa shape index (κ3) is 6.75. The quantitative estimate of drug-likeness (QED) is 0.352. The summed E-state index contributed by atoms with van der Waals surface area (Å²) in [6.45, 7) is 1.94.